The highest BCUT2D eigenvalue weighted by atomic mass is 16.2. The number of aryl methyl sites for hydroxylation is 1. The van der Waals surface area contributed by atoms with Gasteiger partial charge in [-0.3, -0.25) is 9.59 Å². The molecule has 1 aromatic heterocycles. The Hall–Kier alpha value is -2.43. The second-order valence-electron chi connectivity index (χ2n) is 5.70. The first-order valence-electron chi connectivity index (χ1n) is 7.62. The van der Waals surface area contributed by atoms with Crippen molar-refractivity contribution >= 4 is 5.91 Å². The second-order valence-corrected chi connectivity index (χ2v) is 5.70. The maximum Gasteiger partial charge on any atom is 0.276 e. The first-order chi connectivity index (χ1) is 10.6. The number of nitrogens with one attached hydrogen (secondary N) is 1. The van der Waals surface area contributed by atoms with Gasteiger partial charge in [0.05, 0.1) is 5.69 Å². The number of carbonyl (C=O) groups excluding carboxylic acids is 1. The lowest BCUT2D eigenvalue weighted by molar-refractivity contribution is 0.0930. The highest BCUT2D eigenvalue weighted by Crippen LogP contribution is 2.17. The number of carbonyl (C=O) groups is 1. The first kappa shape index (κ1) is 14.5. The van der Waals surface area contributed by atoms with E-state index in [1.54, 1.807) is 11.6 Å². The van der Waals surface area contributed by atoms with E-state index in [-0.39, 0.29) is 23.1 Å². The highest BCUT2D eigenvalue weighted by molar-refractivity contribution is 5.92. The Morgan fingerprint density at radius 3 is 2.59 bits per heavy atom. The van der Waals surface area contributed by atoms with Gasteiger partial charge in [0.15, 0.2) is 5.69 Å². The van der Waals surface area contributed by atoms with Crippen molar-refractivity contribution in [3.05, 3.63) is 58.0 Å². The van der Waals surface area contributed by atoms with Crippen molar-refractivity contribution in [2.75, 3.05) is 0 Å². The van der Waals surface area contributed by atoms with E-state index in [9.17, 15) is 9.59 Å². The summed E-state index contributed by atoms with van der Waals surface area (Å²) in [6, 6.07) is 11.1. The van der Waals surface area contributed by atoms with E-state index in [1.165, 1.54) is 6.07 Å². The molecule has 0 saturated heterocycles. The topological polar surface area (TPSA) is 64.0 Å². The largest absolute Gasteiger partial charge is 0.348 e. The quantitative estimate of drug-likeness (QED) is 0.944. The summed E-state index contributed by atoms with van der Waals surface area (Å²) in [6.07, 6.45) is 4.20. The van der Waals surface area contributed by atoms with Crippen LogP contribution in [0, 0.1) is 6.92 Å². The number of benzene rings is 1. The smallest absolute Gasteiger partial charge is 0.276 e. The zero-order valence-electron chi connectivity index (χ0n) is 12.6. The average Bonchev–Trinajstić information content (AvgIpc) is 3.01. The van der Waals surface area contributed by atoms with Crippen LogP contribution in [-0.4, -0.2) is 21.7 Å². The molecule has 1 heterocycles. The van der Waals surface area contributed by atoms with E-state index in [1.807, 2.05) is 30.3 Å². The van der Waals surface area contributed by atoms with Crippen LogP contribution >= 0.6 is 0 Å². The minimum atomic E-state index is -0.374. The predicted octanol–water partition coefficient (Wildman–Crippen LogP) is 2.21. The molecule has 5 heteroatoms. The van der Waals surface area contributed by atoms with Gasteiger partial charge in [-0.1, -0.05) is 31.0 Å². The van der Waals surface area contributed by atoms with Crippen LogP contribution in [0.5, 0.6) is 0 Å². The zero-order valence-corrected chi connectivity index (χ0v) is 12.6. The average molecular weight is 297 g/mol. The van der Waals surface area contributed by atoms with Gasteiger partial charge in [0.25, 0.3) is 5.91 Å². The minimum Gasteiger partial charge on any atom is -0.348 e. The van der Waals surface area contributed by atoms with Crippen LogP contribution in [0.25, 0.3) is 5.69 Å². The summed E-state index contributed by atoms with van der Waals surface area (Å²) >= 11 is 0. The lowest BCUT2D eigenvalue weighted by Gasteiger charge is -2.13. The summed E-state index contributed by atoms with van der Waals surface area (Å²) in [4.78, 5) is 24.4. The molecule has 1 N–H and O–H groups in total. The molecule has 114 valence electrons. The van der Waals surface area contributed by atoms with Gasteiger partial charge < -0.3 is 5.32 Å². The third kappa shape index (κ3) is 2.93. The number of hydrogen-bond acceptors (Lipinski definition) is 3. The number of aromatic nitrogens is 2. The van der Waals surface area contributed by atoms with Crippen LogP contribution in [0.3, 0.4) is 0 Å². The fourth-order valence-electron chi connectivity index (χ4n) is 2.86. The van der Waals surface area contributed by atoms with Crippen molar-refractivity contribution < 1.29 is 4.79 Å². The SMILES string of the molecule is Cc1cc(=O)c(C(=O)NC2CCCC2)nn1-c1ccccc1. The Balaban J connectivity index is 1.94. The Bertz CT molecular complexity index is 731. The molecule has 0 aliphatic heterocycles. The van der Waals surface area contributed by atoms with E-state index in [0.717, 1.165) is 31.4 Å². The third-order valence-corrected chi connectivity index (χ3v) is 4.01. The van der Waals surface area contributed by atoms with Crippen LogP contribution in [0.4, 0.5) is 0 Å². The van der Waals surface area contributed by atoms with Gasteiger partial charge in [0, 0.05) is 17.8 Å². The summed E-state index contributed by atoms with van der Waals surface area (Å²) < 4.78 is 1.63. The molecular weight excluding hydrogens is 278 g/mol. The molecule has 1 aliphatic carbocycles. The normalized spacial score (nSPS) is 15.0. The van der Waals surface area contributed by atoms with Crippen molar-refractivity contribution in [1.29, 1.82) is 0 Å². The monoisotopic (exact) mass is 297 g/mol. The van der Waals surface area contributed by atoms with Crippen molar-refractivity contribution in [1.82, 2.24) is 15.1 Å². The van der Waals surface area contributed by atoms with Gasteiger partial charge in [-0.2, -0.15) is 5.10 Å². The molecule has 0 radical (unpaired) electrons. The molecule has 0 spiro atoms. The Morgan fingerprint density at radius 2 is 1.91 bits per heavy atom. The molecule has 1 fully saturated rings. The highest BCUT2D eigenvalue weighted by Gasteiger charge is 2.21. The van der Waals surface area contributed by atoms with Crippen LogP contribution < -0.4 is 10.7 Å². The number of nitrogens with zero attached hydrogens (tertiary/aromatic N) is 2. The number of hydrogen-bond donors (Lipinski definition) is 1. The number of para-hydroxylation sites is 1. The fraction of sp³-hybridized carbons (Fsp3) is 0.353. The Morgan fingerprint density at radius 1 is 1.23 bits per heavy atom. The minimum absolute atomic E-state index is 0.0404. The molecule has 1 aliphatic rings. The van der Waals surface area contributed by atoms with Crippen molar-refractivity contribution in [2.24, 2.45) is 0 Å². The number of amides is 1. The van der Waals surface area contributed by atoms with Gasteiger partial charge in [-0.15, -0.1) is 0 Å². The van der Waals surface area contributed by atoms with E-state index in [0.29, 0.717) is 5.69 Å². The van der Waals surface area contributed by atoms with Crippen molar-refractivity contribution in [3.63, 3.8) is 0 Å². The first-order valence-corrected chi connectivity index (χ1v) is 7.62. The summed E-state index contributed by atoms with van der Waals surface area (Å²) in [5.74, 6) is -0.374. The van der Waals surface area contributed by atoms with Gasteiger partial charge in [-0.25, -0.2) is 4.68 Å². The third-order valence-electron chi connectivity index (χ3n) is 4.01. The van der Waals surface area contributed by atoms with Crippen LogP contribution in [-0.2, 0) is 0 Å². The van der Waals surface area contributed by atoms with Crippen LogP contribution in [0.1, 0.15) is 41.9 Å². The summed E-state index contributed by atoms with van der Waals surface area (Å²) in [5, 5.41) is 7.20. The van der Waals surface area contributed by atoms with Crippen LogP contribution in [0.2, 0.25) is 0 Å². The Kier molecular flexibility index (Phi) is 4.04. The summed E-state index contributed by atoms with van der Waals surface area (Å²) in [5.41, 5.74) is 1.16. The Labute approximate surface area is 129 Å². The number of rotatable bonds is 3. The van der Waals surface area contributed by atoms with E-state index >= 15 is 0 Å². The van der Waals surface area contributed by atoms with Gasteiger partial charge in [-0.05, 0) is 31.9 Å². The standard InChI is InChI=1S/C17H19N3O2/c1-12-11-15(21)16(17(22)18-13-7-5-6-8-13)19-20(12)14-9-3-2-4-10-14/h2-4,9-11,13H,5-8H2,1H3,(H,18,22). The van der Waals surface area contributed by atoms with E-state index in [2.05, 4.69) is 10.4 Å². The molecule has 22 heavy (non-hydrogen) atoms. The van der Waals surface area contributed by atoms with Gasteiger partial charge in [0.2, 0.25) is 5.43 Å². The van der Waals surface area contributed by atoms with Gasteiger partial charge >= 0.3 is 0 Å². The maximum atomic E-state index is 12.3. The van der Waals surface area contributed by atoms with Crippen molar-refractivity contribution in [2.45, 2.75) is 38.6 Å². The molecule has 0 bridgehead atoms. The molecule has 3 rings (SSSR count). The predicted molar refractivity (Wildman–Crippen MR) is 84.3 cm³/mol. The molecule has 1 amide bonds. The summed E-state index contributed by atoms with van der Waals surface area (Å²) in [7, 11) is 0. The lowest BCUT2D eigenvalue weighted by Crippen LogP contribution is -2.37. The molecule has 0 unspecified atom stereocenters. The molecule has 5 nitrogen and oxygen atoms in total. The van der Waals surface area contributed by atoms with Gasteiger partial charge in [0.1, 0.15) is 0 Å². The van der Waals surface area contributed by atoms with E-state index in [4.69, 9.17) is 0 Å². The van der Waals surface area contributed by atoms with Crippen LogP contribution in [0.15, 0.2) is 41.2 Å². The molecule has 0 atom stereocenters. The molecular formula is C17H19N3O2. The lowest BCUT2D eigenvalue weighted by atomic mass is 10.2. The zero-order chi connectivity index (χ0) is 15.5. The fourth-order valence-corrected chi connectivity index (χ4v) is 2.86. The van der Waals surface area contributed by atoms with E-state index < -0.39 is 0 Å². The molecule has 1 aromatic carbocycles. The molecule has 2 aromatic rings. The second kappa shape index (κ2) is 6.13. The van der Waals surface area contributed by atoms with Crippen molar-refractivity contribution in [3.8, 4) is 5.69 Å². The molecule has 1 saturated carbocycles. The maximum absolute atomic E-state index is 12.3. The summed E-state index contributed by atoms with van der Waals surface area (Å²) in [6.45, 7) is 1.81.